The molecule has 3 aromatic carbocycles. The van der Waals surface area contributed by atoms with Crippen LogP contribution in [0.2, 0.25) is 0 Å². The second-order valence-corrected chi connectivity index (χ2v) is 9.76. The van der Waals surface area contributed by atoms with Crippen LogP contribution in [0.4, 0.5) is 11.4 Å². The highest BCUT2D eigenvalue weighted by Gasteiger charge is 2.34. The SMILES string of the molecule is Cc1cc(C)nc(C(C)Nc2ccc(NC(=O)C3CC(=O)N(Cc4cccc5ccccc45)C3)cc2)n1. The monoisotopic (exact) mass is 493 g/mol. The van der Waals surface area contributed by atoms with Crippen LogP contribution in [-0.2, 0) is 16.1 Å². The molecule has 0 radical (unpaired) electrons. The third kappa shape index (κ3) is 5.61. The highest BCUT2D eigenvalue weighted by atomic mass is 16.2. The number of aromatic nitrogens is 2. The Bertz CT molecular complexity index is 1420. The largest absolute Gasteiger partial charge is 0.375 e. The molecule has 1 aliphatic rings. The first-order valence-corrected chi connectivity index (χ1v) is 12.6. The molecule has 0 spiro atoms. The summed E-state index contributed by atoms with van der Waals surface area (Å²) in [5.41, 5.74) is 4.58. The first-order valence-electron chi connectivity index (χ1n) is 12.6. The number of benzene rings is 3. The number of aryl methyl sites for hydroxylation is 2. The number of hydrogen-bond donors (Lipinski definition) is 2. The lowest BCUT2D eigenvalue weighted by molar-refractivity contribution is -0.128. The summed E-state index contributed by atoms with van der Waals surface area (Å²) in [6.07, 6.45) is 0.226. The molecule has 2 amide bonds. The van der Waals surface area contributed by atoms with Crippen molar-refractivity contribution in [3.63, 3.8) is 0 Å². The zero-order valence-electron chi connectivity index (χ0n) is 21.4. The molecule has 37 heavy (non-hydrogen) atoms. The van der Waals surface area contributed by atoms with Crippen LogP contribution in [-0.4, -0.2) is 33.2 Å². The summed E-state index contributed by atoms with van der Waals surface area (Å²) in [5.74, 6) is 0.248. The van der Waals surface area contributed by atoms with Crippen LogP contribution in [0, 0.1) is 19.8 Å². The topological polar surface area (TPSA) is 87.2 Å². The third-order valence-corrected chi connectivity index (χ3v) is 6.75. The van der Waals surface area contributed by atoms with E-state index in [0.717, 1.165) is 39.2 Å². The van der Waals surface area contributed by atoms with Crippen molar-refractivity contribution >= 4 is 34.0 Å². The smallest absolute Gasteiger partial charge is 0.229 e. The van der Waals surface area contributed by atoms with Crippen LogP contribution in [0.3, 0.4) is 0 Å². The molecule has 0 bridgehead atoms. The standard InChI is InChI=1S/C30H31N5O2/c1-19-15-20(2)32-29(31-19)21(3)33-25-11-13-26(14-12-25)34-30(37)24-16-28(36)35(18-24)17-23-9-6-8-22-7-4-5-10-27(22)23/h4-15,21,24,33H,16-18H2,1-3H3,(H,34,37). The molecule has 1 saturated heterocycles. The Morgan fingerprint density at radius 1 is 0.973 bits per heavy atom. The van der Waals surface area contributed by atoms with E-state index in [9.17, 15) is 9.59 Å². The molecule has 2 atom stereocenters. The van der Waals surface area contributed by atoms with Crippen LogP contribution in [0.15, 0.2) is 72.8 Å². The molecule has 2 heterocycles. The van der Waals surface area contributed by atoms with E-state index in [0.29, 0.717) is 18.8 Å². The third-order valence-electron chi connectivity index (χ3n) is 6.75. The quantitative estimate of drug-likeness (QED) is 0.360. The van der Waals surface area contributed by atoms with Gasteiger partial charge in [0.05, 0.1) is 12.0 Å². The average Bonchev–Trinajstić information content (AvgIpc) is 3.25. The molecule has 5 rings (SSSR count). The van der Waals surface area contributed by atoms with Gasteiger partial charge >= 0.3 is 0 Å². The predicted molar refractivity (Wildman–Crippen MR) is 146 cm³/mol. The Kier molecular flexibility index (Phi) is 6.86. The minimum atomic E-state index is -0.373. The van der Waals surface area contributed by atoms with Gasteiger partial charge in [0.15, 0.2) is 5.82 Å². The van der Waals surface area contributed by atoms with Crippen molar-refractivity contribution in [3.8, 4) is 0 Å². The van der Waals surface area contributed by atoms with E-state index in [2.05, 4.69) is 38.8 Å². The van der Waals surface area contributed by atoms with Crippen LogP contribution in [0.1, 0.15) is 42.2 Å². The lowest BCUT2D eigenvalue weighted by Crippen LogP contribution is -2.28. The molecule has 0 aliphatic carbocycles. The minimum absolute atomic E-state index is 0.00947. The van der Waals surface area contributed by atoms with Crippen molar-refractivity contribution in [2.24, 2.45) is 5.92 Å². The van der Waals surface area contributed by atoms with Gasteiger partial charge in [-0.15, -0.1) is 0 Å². The summed E-state index contributed by atoms with van der Waals surface area (Å²) in [5, 5.41) is 8.67. The second-order valence-electron chi connectivity index (χ2n) is 9.76. The van der Waals surface area contributed by atoms with E-state index in [-0.39, 0.29) is 30.2 Å². The fraction of sp³-hybridized carbons (Fsp3) is 0.267. The van der Waals surface area contributed by atoms with Gasteiger partial charge in [-0.2, -0.15) is 0 Å². The van der Waals surface area contributed by atoms with Gasteiger partial charge in [0.1, 0.15) is 0 Å². The van der Waals surface area contributed by atoms with Gasteiger partial charge in [0.2, 0.25) is 11.8 Å². The zero-order valence-corrected chi connectivity index (χ0v) is 21.4. The van der Waals surface area contributed by atoms with Crippen molar-refractivity contribution < 1.29 is 9.59 Å². The fourth-order valence-electron chi connectivity index (χ4n) is 4.89. The maximum atomic E-state index is 13.0. The summed E-state index contributed by atoms with van der Waals surface area (Å²) < 4.78 is 0. The normalized spacial score (nSPS) is 16.1. The Morgan fingerprint density at radius 2 is 1.65 bits per heavy atom. The zero-order chi connectivity index (χ0) is 25.9. The molecule has 1 aliphatic heterocycles. The summed E-state index contributed by atoms with van der Waals surface area (Å²) in [7, 11) is 0. The first-order chi connectivity index (χ1) is 17.9. The van der Waals surface area contributed by atoms with E-state index in [1.807, 2.05) is 75.4 Å². The highest BCUT2D eigenvalue weighted by Crippen LogP contribution is 2.26. The van der Waals surface area contributed by atoms with E-state index in [1.165, 1.54) is 0 Å². The lowest BCUT2D eigenvalue weighted by Gasteiger charge is -2.18. The number of rotatable bonds is 7. The molecular formula is C30H31N5O2. The van der Waals surface area contributed by atoms with Crippen molar-refractivity contribution in [1.82, 2.24) is 14.9 Å². The summed E-state index contributed by atoms with van der Waals surface area (Å²) in [4.78, 5) is 36.5. The van der Waals surface area contributed by atoms with Gasteiger partial charge < -0.3 is 15.5 Å². The van der Waals surface area contributed by atoms with Gasteiger partial charge in [0, 0.05) is 42.3 Å². The molecule has 7 nitrogen and oxygen atoms in total. The number of anilines is 2. The fourth-order valence-corrected chi connectivity index (χ4v) is 4.89. The van der Waals surface area contributed by atoms with Crippen LogP contribution in [0.25, 0.3) is 10.8 Å². The molecule has 1 aromatic heterocycles. The Hall–Kier alpha value is -4.26. The molecule has 2 N–H and O–H groups in total. The molecular weight excluding hydrogens is 462 g/mol. The van der Waals surface area contributed by atoms with Gasteiger partial charge in [-0.05, 0) is 67.4 Å². The van der Waals surface area contributed by atoms with E-state index < -0.39 is 0 Å². The number of likely N-dealkylation sites (tertiary alicyclic amines) is 1. The number of carbonyl (C=O) groups excluding carboxylic acids is 2. The number of nitrogens with one attached hydrogen (secondary N) is 2. The van der Waals surface area contributed by atoms with Gasteiger partial charge in [-0.1, -0.05) is 42.5 Å². The number of nitrogens with zero attached hydrogens (tertiary/aromatic N) is 3. The Morgan fingerprint density at radius 3 is 2.41 bits per heavy atom. The second kappa shape index (κ2) is 10.4. The highest BCUT2D eigenvalue weighted by molar-refractivity contribution is 5.97. The van der Waals surface area contributed by atoms with Gasteiger partial charge in [0.25, 0.3) is 0 Å². The van der Waals surface area contributed by atoms with Crippen molar-refractivity contribution in [2.45, 2.75) is 39.8 Å². The number of amides is 2. The van der Waals surface area contributed by atoms with E-state index in [1.54, 1.807) is 4.90 Å². The van der Waals surface area contributed by atoms with Crippen molar-refractivity contribution in [1.29, 1.82) is 0 Å². The predicted octanol–water partition coefficient (Wildman–Crippen LogP) is 5.41. The summed E-state index contributed by atoms with van der Waals surface area (Å²) in [6, 6.07) is 23.7. The average molecular weight is 494 g/mol. The van der Waals surface area contributed by atoms with Crippen LogP contribution < -0.4 is 10.6 Å². The molecule has 0 saturated carbocycles. The molecule has 188 valence electrons. The maximum absolute atomic E-state index is 13.0. The van der Waals surface area contributed by atoms with Gasteiger partial charge in [-0.3, -0.25) is 9.59 Å². The van der Waals surface area contributed by atoms with E-state index >= 15 is 0 Å². The first kappa shape index (κ1) is 24.4. The number of hydrogen-bond acceptors (Lipinski definition) is 5. The van der Waals surface area contributed by atoms with Crippen molar-refractivity contribution in [2.75, 3.05) is 17.2 Å². The molecule has 7 heteroatoms. The summed E-state index contributed by atoms with van der Waals surface area (Å²) in [6.45, 7) is 6.87. The lowest BCUT2D eigenvalue weighted by atomic mass is 10.0. The molecule has 2 unspecified atom stereocenters. The molecule has 4 aromatic rings. The maximum Gasteiger partial charge on any atom is 0.229 e. The van der Waals surface area contributed by atoms with Gasteiger partial charge in [-0.25, -0.2) is 9.97 Å². The molecule has 1 fully saturated rings. The summed E-state index contributed by atoms with van der Waals surface area (Å²) >= 11 is 0. The Balaban J connectivity index is 1.18. The Labute approximate surface area is 216 Å². The van der Waals surface area contributed by atoms with Crippen LogP contribution in [0.5, 0.6) is 0 Å². The number of carbonyl (C=O) groups is 2. The van der Waals surface area contributed by atoms with E-state index in [4.69, 9.17) is 0 Å². The minimum Gasteiger partial charge on any atom is -0.375 e. The van der Waals surface area contributed by atoms with Crippen molar-refractivity contribution in [3.05, 3.63) is 95.6 Å². The number of fused-ring (bicyclic) bond motifs is 1. The van der Waals surface area contributed by atoms with Crippen LogP contribution >= 0.6 is 0 Å².